The normalized spacial score (nSPS) is 12.1. The van der Waals surface area contributed by atoms with Crippen molar-refractivity contribution in [3.8, 4) is 11.8 Å². The van der Waals surface area contributed by atoms with Crippen molar-refractivity contribution in [3.63, 3.8) is 0 Å². The van der Waals surface area contributed by atoms with Gasteiger partial charge in [0, 0.05) is 30.0 Å². The monoisotopic (exact) mass is 400 g/mol. The zero-order valence-electron chi connectivity index (χ0n) is 17.4. The van der Waals surface area contributed by atoms with Crippen molar-refractivity contribution < 1.29 is 5.11 Å². The first-order valence-electron chi connectivity index (χ1n) is 9.93. The van der Waals surface area contributed by atoms with E-state index in [0.29, 0.717) is 24.3 Å². The molecule has 1 unspecified atom stereocenters. The molecule has 0 bridgehead atoms. The Morgan fingerprint density at radius 2 is 1.64 bits per heavy atom. The Morgan fingerprint density at radius 1 is 1.00 bits per heavy atom. The zero-order valence-corrected chi connectivity index (χ0v) is 18.2. The van der Waals surface area contributed by atoms with Crippen LogP contribution in [0.5, 0.6) is 5.75 Å². The number of aromatic hydroxyl groups is 1. The highest BCUT2D eigenvalue weighted by Crippen LogP contribution is 2.35. The highest BCUT2D eigenvalue weighted by atomic mass is 35.5. The van der Waals surface area contributed by atoms with Crippen LogP contribution < -0.4 is 0 Å². The number of aryl methyl sites for hydroxylation is 1. The Hall–Kier alpha value is -2.02. The molecule has 2 rings (SSSR count). The molecule has 2 aromatic carbocycles. The fraction of sp³-hybridized carbons (Fsp3) is 0.458. The van der Waals surface area contributed by atoms with Gasteiger partial charge in [-0.2, -0.15) is 5.26 Å². The minimum atomic E-state index is 0. The van der Waals surface area contributed by atoms with Crippen molar-refractivity contribution >= 4 is 12.4 Å². The highest BCUT2D eigenvalue weighted by Gasteiger charge is 2.21. The lowest BCUT2D eigenvalue weighted by Crippen LogP contribution is -2.38. The van der Waals surface area contributed by atoms with Crippen LogP contribution in [0.25, 0.3) is 0 Å². The van der Waals surface area contributed by atoms with Gasteiger partial charge in [-0.15, -0.1) is 12.4 Å². The van der Waals surface area contributed by atoms with Gasteiger partial charge in [-0.25, -0.2) is 0 Å². The van der Waals surface area contributed by atoms with Gasteiger partial charge in [0.2, 0.25) is 0 Å². The Balaban J connectivity index is 0.00000392. The summed E-state index contributed by atoms with van der Waals surface area (Å²) in [5.74, 6) is 0.471. The standard InChI is InChI=1S/C24H32N2O.ClH/c1-18(2)26(19(3)4)16-14-22(21-10-6-5-7-11-21)23-17-20(9-8-15-25)12-13-24(23)27;/h5-7,10-13,17-19,22,27H,8-9,14,16H2,1-4H3;1H. The molecule has 0 heterocycles. The van der Waals surface area contributed by atoms with E-state index < -0.39 is 0 Å². The van der Waals surface area contributed by atoms with Crippen LogP contribution >= 0.6 is 12.4 Å². The molecule has 1 N–H and O–H groups in total. The molecule has 0 aromatic heterocycles. The third kappa shape index (κ3) is 6.55. The Morgan fingerprint density at radius 3 is 2.21 bits per heavy atom. The first kappa shape index (κ1) is 24.0. The minimum absolute atomic E-state index is 0. The lowest BCUT2D eigenvalue weighted by molar-refractivity contribution is 0.170. The number of hydrogen-bond donors (Lipinski definition) is 1. The summed E-state index contributed by atoms with van der Waals surface area (Å²) in [6.45, 7) is 9.90. The van der Waals surface area contributed by atoms with E-state index in [1.54, 1.807) is 6.07 Å². The van der Waals surface area contributed by atoms with Crippen molar-refractivity contribution in [2.75, 3.05) is 6.54 Å². The van der Waals surface area contributed by atoms with Crippen LogP contribution in [-0.2, 0) is 6.42 Å². The molecular formula is C24H33ClN2O. The van der Waals surface area contributed by atoms with Crippen molar-refractivity contribution in [2.24, 2.45) is 0 Å². The van der Waals surface area contributed by atoms with E-state index >= 15 is 0 Å². The van der Waals surface area contributed by atoms with Crippen LogP contribution in [0.4, 0.5) is 0 Å². The highest BCUT2D eigenvalue weighted by molar-refractivity contribution is 5.85. The van der Waals surface area contributed by atoms with Crippen LogP contribution in [0.3, 0.4) is 0 Å². The molecule has 2 aromatic rings. The summed E-state index contributed by atoms with van der Waals surface area (Å²) in [5.41, 5.74) is 3.29. The van der Waals surface area contributed by atoms with Crippen LogP contribution in [0.2, 0.25) is 0 Å². The summed E-state index contributed by atoms with van der Waals surface area (Å²) in [5, 5.41) is 19.5. The molecular weight excluding hydrogens is 368 g/mol. The van der Waals surface area contributed by atoms with E-state index in [1.165, 1.54) is 5.56 Å². The van der Waals surface area contributed by atoms with Crippen molar-refractivity contribution in [1.29, 1.82) is 5.26 Å². The molecule has 0 spiro atoms. The third-order valence-corrected chi connectivity index (χ3v) is 5.20. The average Bonchev–Trinajstić information content (AvgIpc) is 2.65. The first-order valence-corrected chi connectivity index (χ1v) is 9.93. The predicted octanol–water partition coefficient (Wildman–Crippen LogP) is 5.91. The van der Waals surface area contributed by atoms with Gasteiger partial charge < -0.3 is 5.11 Å². The maximum absolute atomic E-state index is 10.6. The summed E-state index contributed by atoms with van der Waals surface area (Å²) >= 11 is 0. The van der Waals surface area contributed by atoms with E-state index in [0.717, 1.165) is 30.5 Å². The first-order chi connectivity index (χ1) is 12.9. The molecule has 0 saturated heterocycles. The second kappa shape index (κ2) is 11.7. The molecule has 0 radical (unpaired) electrons. The van der Waals surface area contributed by atoms with E-state index in [2.05, 4.69) is 69.0 Å². The van der Waals surface area contributed by atoms with Gasteiger partial charge >= 0.3 is 0 Å². The predicted molar refractivity (Wildman–Crippen MR) is 119 cm³/mol. The topological polar surface area (TPSA) is 47.3 Å². The smallest absolute Gasteiger partial charge is 0.119 e. The SMILES string of the molecule is CC(C)N(CCC(c1ccccc1)c1cc(CCC#N)ccc1O)C(C)C.Cl. The summed E-state index contributed by atoms with van der Waals surface area (Å²) in [4.78, 5) is 2.49. The molecule has 0 saturated carbocycles. The summed E-state index contributed by atoms with van der Waals surface area (Å²) in [7, 11) is 0. The number of benzene rings is 2. The largest absolute Gasteiger partial charge is 0.508 e. The maximum atomic E-state index is 10.6. The number of halogens is 1. The molecule has 0 aliphatic heterocycles. The summed E-state index contributed by atoms with van der Waals surface area (Å²) in [6.07, 6.45) is 2.15. The number of nitriles is 1. The van der Waals surface area contributed by atoms with Gasteiger partial charge in [0.25, 0.3) is 0 Å². The van der Waals surface area contributed by atoms with Gasteiger partial charge in [0.05, 0.1) is 6.07 Å². The molecule has 1 atom stereocenters. The summed E-state index contributed by atoms with van der Waals surface area (Å²) < 4.78 is 0. The van der Waals surface area contributed by atoms with E-state index in [9.17, 15) is 5.11 Å². The van der Waals surface area contributed by atoms with Gasteiger partial charge in [-0.05, 0) is 64.3 Å². The van der Waals surface area contributed by atoms with Crippen LogP contribution in [0.1, 0.15) is 63.1 Å². The van der Waals surface area contributed by atoms with Crippen molar-refractivity contribution in [1.82, 2.24) is 4.90 Å². The van der Waals surface area contributed by atoms with E-state index in [1.807, 2.05) is 12.1 Å². The molecule has 0 fully saturated rings. The van der Waals surface area contributed by atoms with E-state index in [-0.39, 0.29) is 18.3 Å². The maximum Gasteiger partial charge on any atom is 0.119 e. The van der Waals surface area contributed by atoms with Crippen LogP contribution in [0, 0.1) is 11.3 Å². The number of rotatable bonds is 9. The Bertz CT molecular complexity index is 745. The molecule has 0 aliphatic rings. The molecule has 0 aliphatic carbocycles. The van der Waals surface area contributed by atoms with Gasteiger partial charge in [0.15, 0.2) is 0 Å². The number of nitrogens with zero attached hydrogens (tertiary/aromatic N) is 2. The average molecular weight is 401 g/mol. The lowest BCUT2D eigenvalue weighted by atomic mass is 9.86. The van der Waals surface area contributed by atoms with Crippen molar-refractivity contribution in [3.05, 3.63) is 65.2 Å². The molecule has 152 valence electrons. The summed E-state index contributed by atoms with van der Waals surface area (Å²) in [6, 6.07) is 19.4. The number of phenolic OH excluding ortho intramolecular Hbond substituents is 1. The third-order valence-electron chi connectivity index (χ3n) is 5.20. The lowest BCUT2D eigenvalue weighted by Gasteiger charge is -2.32. The minimum Gasteiger partial charge on any atom is -0.508 e. The zero-order chi connectivity index (χ0) is 19.8. The Labute approximate surface area is 176 Å². The van der Waals surface area contributed by atoms with Gasteiger partial charge in [-0.1, -0.05) is 42.5 Å². The van der Waals surface area contributed by atoms with Crippen LogP contribution in [0.15, 0.2) is 48.5 Å². The molecule has 4 heteroatoms. The van der Waals surface area contributed by atoms with Gasteiger partial charge in [0.1, 0.15) is 5.75 Å². The second-order valence-corrected chi connectivity index (χ2v) is 7.73. The Kier molecular flexibility index (Phi) is 10.1. The van der Waals surface area contributed by atoms with Gasteiger partial charge in [-0.3, -0.25) is 4.90 Å². The molecule has 0 amide bonds. The quantitative estimate of drug-likeness (QED) is 0.569. The number of phenols is 1. The number of hydrogen-bond acceptors (Lipinski definition) is 3. The fourth-order valence-electron chi connectivity index (χ4n) is 3.82. The fourth-order valence-corrected chi connectivity index (χ4v) is 3.82. The second-order valence-electron chi connectivity index (χ2n) is 7.73. The van der Waals surface area contributed by atoms with Crippen molar-refractivity contribution in [2.45, 2.75) is 65.0 Å². The molecule has 3 nitrogen and oxygen atoms in total. The van der Waals surface area contributed by atoms with E-state index in [4.69, 9.17) is 5.26 Å². The van der Waals surface area contributed by atoms with Crippen LogP contribution in [-0.4, -0.2) is 28.6 Å². The molecule has 28 heavy (non-hydrogen) atoms.